The van der Waals surface area contributed by atoms with Crippen molar-refractivity contribution in [2.45, 2.75) is 31.2 Å². The number of sulfonamides is 1. The number of methoxy groups -OCH3 is 1. The summed E-state index contributed by atoms with van der Waals surface area (Å²) >= 11 is 0. The highest BCUT2D eigenvalue weighted by molar-refractivity contribution is 7.89. The maximum absolute atomic E-state index is 12.7. The molecule has 0 unspecified atom stereocenters. The van der Waals surface area contributed by atoms with Crippen LogP contribution in [0.3, 0.4) is 0 Å². The van der Waals surface area contributed by atoms with Crippen LogP contribution in [0.4, 0.5) is 0 Å². The fraction of sp³-hybridized carbons (Fsp3) is 0.588. The Hall–Kier alpha value is -1.39. The summed E-state index contributed by atoms with van der Waals surface area (Å²) in [6.07, 6.45) is 1.69. The van der Waals surface area contributed by atoms with E-state index < -0.39 is 15.8 Å². The minimum atomic E-state index is -3.72. The van der Waals surface area contributed by atoms with Crippen molar-refractivity contribution in [2.24, 2.45) is 5.41 Å². The third-order valence-electron chi connectivity index (χ3n) is 5.02. The number of nitrogens with one attached hydrogen (secondary N) is 2. The molecule has 0 aliphatic carbocycles. The molecular weight excluding hydrogens is 394 g/mol. The second-order valence-electron chi connectivity index (χ2n) is 6.75. The van der Waals surface area contributed by atoms with E-state index in [1.54, 1.807) is 13.2 Å². The molecule has 0 atom stereocenters. The second kappa shape index (κ2) is 8.74. The average molecular weight is 420 g/mol. The number of oxazole rings is 1. The van der Waals surface area contributed by atoms with Crippen LogP contribution in [-0.4, -0.2) is 46.3 Å². The summed E-state index contributed by atoms with van der Waals surface area (Å²) in [7, 11) is -2.08. The van der Waals surface area contributed by atoms with E-state index in [1.165, 1.54) is 16.7 Å². The molecule has 2 heterocycles. The van der Waals surface area contributed by atoms with Gasteiger partial charge in [0.2, 0.25) is 10.0 Å². The van der Waals surface area contributed by atoms with Crippen LogP contribution < -0.4 is 15.8 Å². The molecule has 0 spiro atoms. The molecule has 1 aliphatic rings. The van der Waals surface area contributed by atoms with Crippen LogP contribution in [0, 0.1) is 5.41 Å². The SMILES string of the molecule is CCn1c(=O)oc2cc(S(=O)(=O)NCC3(COC)CCNCC3)ccc21.Cl. The van der Waals surface area contributed by atoms with Crippen molar-refractivity contribution in [1.82, 2.24) is 14.6 Å². The van der Waals surface area contributed by atoms with Gasteiger partial charge in [-0.3, -0.25) is 4.57 Å². The molecule has 0 saturated carbocycles. The fourth-order valence-corrected chi connectivity index (χ4v) is 4.65. The molecule has 1 aromatic carbocycles. The predicted octanol–water partition coefficient (Wildman–Crippen LogP) is 1.33. The first kappa shape index (κ1) is 21.9. The van der Waals surface area contributed by atoms with Crippen molar-refractivity contribution < 1.29 is 17.6 Å². The molecule has 1 aromatic heterocycles. The first-order valence-corrected chi connectivity index (χ1v) is 10.2. The van der Waals surface area contributed by atoms with Crippen LogP contribution in [-0.2, 0) is 21.3 Å². The zero-order chi connectivity index (χ0) is 18.8. The summed E-state index contributed by atoms with van der Waals surface area (Å²) in [5.74, 6) is -0.487. The molecule has 27 heavy (non-hydrogen) atoms. The number of nitrogens with zero attached hydrogens (tertiary/aromatic N) is 1. The lowest BCUT2D eigenvalue weighted by Crippen LogP contribution is -2.47. The maximum atomic E-state index is 12.7. The Labute approximate surface area is 164 Å². The van der Waals surface area contributed by atoms with Gasteiger partial charge in [-0.05, 0) is 45.0 Å². The number of piperidine rings is 1. The van der Waals surface area contributed by atoms with Gasteiger partial charge in [-0.25, -0.2) is 17.9 Å². The molecule has 0 bridgehead atoms. The monoisotopic (exact) mass is 419 g/mol. The van der Waals surface area contributed by atoms with Crippen molar-refractivity contribution >= 4 is 33.5 Å². The summed E-state index contributed by atoms with van der Waals surface area (Å²) in [5.41, 5.74) is 0.647. The van der Waals surface area contributed by atoms with Gasteiger partial charge in [0.15, 0.2) is 5.58 Å². The van der Waals surface area contributed by atoms with Crippen molar-refractivity contribution in [2.75, 3.05) is 33.4 Å². The number of rotatable bonds is 7. The van der Waals surface area contributed by atoms with E-state index in [9.17, 15) is 13.2 Å². The van der Waals surface area contributed by atoms with Gasteiger partial charge < -0.3 is 14.5 Å². The Morgan fingerprint density at radius 2 is 2.04 bits per heavy atom. The smallest absolute Gasteiger partial charge is 0.408 e. The summed E-state index contributed by atoms with van der Waals surface area (Å²) in [6.45, 7) is 4.79. The molecular formula is C17H26ClN3O5S. The molecule has 0 radical (unpaired) electrons. The third kappa shape index (κ3) is 4.55. The quantitative estimate of drug-likeness (QED) is 0.701. The minimum absolute atomic E-state index is 0. The summed E-state index contributed by atoms with van der Waals surface area (Å²) < 4.78 is 40.1. The predicted molar refractivity (Wildman–Crippen MR) is 105 cm³/mol. The van der Waals surface area contributed by atoms with E-state index in [0.717, 1.165) is 25.9 Å². The minimum Gasteiger partial charge on any atom is -0.408 e. The number of ether oxygens (including phenoxy) is 1. The van der Waals surface area contributed by atoms with Gasteiger partial charge >= 0.3 is 5.76 Å². The highest BCUT2D eigenvalue weighted by atomic mass is 35.5. The molecule has 3 rings (SSSR count). The summed E-state index contributed by atoms with van der Waals surface area (Å²) in [6, 6.07) is 4.50. The fourth-order valence-electron chi connectivity index (χ4n) is 3.48. The van der Waals surface area contributed by atoms with Crippen molar-refractivity contribution in [3.8, 4) is 0 Å². The lowest BCUT2D eigenvalue weighted by molar-refractivity contribution is 0.0577. The maximum Gasteiger partial charge on any atom is 0.419 e. The summed E-state index contributed by atoms with van der Waals surface area (Å²) in [4.78, 5) is 11.9. The second-order valence-corrected chi connectivity index (χ2v) is 8.52. The topological polar surface area (TPSA) is 103 Å². The first-order chi connectivity index (χ1) is 12.4. The van der Waals surface area contributed by atoms with Crippen LogP contribution >= 0.6 is 12.4 Å². The van der Waals surface area contributed by atoms with E-state index in [1.807, 2.05) is 6.92 Å². The van der Waals surface area contributed by atoms with Crippen molar-refractivity contribution in [3.63, 3.8) is 0 Å². The van der Waals surface area contributed by atoms with E-state index in [0.29, 0.717) is 25.2 Å². The Balaban J connectivity index is 0.00000261. The molecule has 2 aromatic rings. The van der Waals surface area contributed by atoms with Gasteiger partial charge in [-0.1, -0.05) is 0 Å². The normalized spacial score (nSPS) is 17.0. The number of benzene rings is 1. The molecule has 1 saturated heterocycles. The Kier molecular flexibility index (Phi) is 7.09. The number of hydrogen-bond acceptors (Lipinski definition) is 6. The molecule has 0 amide bonds. The lowest BCUT2D eigenvalue weighted by Gasteiger charge is -2.37. The number of fused-ring (bicyclic) bond motifs is 1. The van der Waals surface area contributed by atoms with Gasteiger partial charge in [-0.15, -0.1) is 12.4 Å². The van der Waals surface area contributed by atoms with Crippen LogP contribution in [0.1, 0.15) is 19.8 Å². The van der Waals surface area contributed by atoms with Gasteiger partial charge in [0.25, 0.3) is 0 Å². The highest BCUT2D eigenvalue weighted by Gasteiger charge is 2.33. The van der Waals surface area contributed by atoms with E-state index in [2.05, 4.69) is 10.0 Å². The number of aromatic nitrogens is 1. The van der Waals surface area contributed by atoms with E-state index >= 15 is 0 Å². The Bertz CT molecular complexity index is 926. The van der Waals surface area contributed by atoms with E-state index in [-0.39, 0.29) is 28.3 Å². The van der Waals surface area contributed by atoms with Gasteiger partial charge in [-0.2, -0.15) is 0 Å². The number of aryl methyl sites for hydroxylation is 1. The summed E-state index contributed by atoms with van der Waals surface area (Å²) in [5, 5.41) is 3.28. The highest BCUT2D eigenvalue weighted by Crippen LogP contribution is 2.29. The van der Waals surface area contributed by atoms with Gasteiger partial charge in [0.05, 0.1) is 17.0 Å². The average Bonchev–Trinajstić information content (AvgIpc) is 2.95. The van der Waals surface area contributed by atoms with Crippen LogP contribution in [0.5, 0.6) is 0 Å². The van der Waals surface area contributed by atoms with Crippen LogP contribution in [0.25, 0.3) is 11.1 Å². The lowest BCUT2D eigenvalue weighted by atomic mass is 9.80. The third-order valence-corrected chi connectivity index (χ3v) is 6.42. The van der Waals surface area contributed by atoms with E-state index in [4.69, 9.17) is 9.15 Å². The van der Waals surface area contributed by atoms with Gasteiger partial charge in [0, 0.05) is 31.7 Å². The van der Waals surface area contributed by atoms with Gasteiger partial charge in [0.1, 0.15) is 0 Å². The molecule has 8 nitrogen and oxygen atoms in total. The standard InChI is InChI=1S/C17H25N3O5S.ClH/c1-3-20-14-5-4-13(10-15(14)25-16(20)21)26(22,23)19-11-17(12-24-2)6-8-18-9-7-17;/h4-5,10,18-19H,3,6-9,11-12H2,1-2H3;1H. The Morgan fingerprint density at radius 1 is 1.33 bits per heavy atom. The molecule has 1 fully saturated rings. The van der Waals surface area contributed by atoms with Crippen molar-refractivity contribution in [1.29, 1.82) is 0 Å². The van der Waals surface area contributed by atoms with Crippen molar-refractivity contribution in [3.05, 3.63) is 28.7 Å². The molecule has 2 N–H and O–H groups in total. The molecule has 1 aliphatic heterocycles. The number of halogens is 1. The zero-order valence-electron chi connectivity index (χ0n) is 15.5. The number of hydrogen-bond donors (Lipinski definition) is 2. The molecule has 10 heteroatoms. The largest absolute Gasteiger partial charge is 0.419 e. The first-order valence-electron chi connectivity index (χ1n) is 8.73. The molecule has 152 valence electrons. The van der Waals surface area contributed by atoms with Crippen LogP contribution in [0.15, 0.2) is 32.3 Å². The zero-order valence-corrected chi connectivity index (χ0v) is 17.1. The van der Waals surface area contributed by atoms with Crippen LogP contribution in [0.2, 0.25) is 0 Å². The Morgan fingerprint density at radius 3 is 2.67 bits per heavy atom.